The summed E-state index contributed by atoms with van der Waals surface area (Å²) in [6.07, 6.45) is 0. The zero-order valence-electron chi connectivity index (χ0n) is 15.7. The molecule has 5 nitrogen and oxygen atoms in total. The van der Waals surface area contributed by atoms with Crippen molar-refractivity contribution in [2.45, 2.75) is 13.8 Å². The molecule has 2 aromatic carbocycles. The third-order valence-corrected chi connectivity index (χ3v) is 4.61. The van der Waals surface area contributed by atoms with Gasteiger partial charge in [0.15, 0.2) is 6.61 Å². The summed E-state index contributed by atoms with van der Waals surface area (Å²) in [6.45, 7) is 3.52. The van der Waals surface area contributed by atoms with Crippen molar-refractivity contribution in [3.8, 4) is 0 Å². The highest BCUT2D eigenvalue weighted by Crippen LogP contribution is 2.22. The molecule has 0 aliphatic carbocycles. The molecule has 0 unspecified atom stereocenters. The maximum Gasteiger partial charge on any atom is 0.340 e. The molecular weight excluding hydrogens is 340 g/mol. The van der Waals surface area contributed by atoms with Crippen LogP contribution in [0.15, 0.2) is 60.7 Å². The fourth-order valence-corrected chi connectivity index (χ4v) is 2.87. The van der Waals surface area contributed by atoms with Crippen molar-refractivity contribution in [3.63, 3.8) is 0 Å². The standard InChI is InChI=1S/C22H22N2O3/c1-15-13-19(16(2)24(15)3)21(25)14-27-22(26)18-11-7-8-12-20(18)23-17-9-5-4-6-10-17/h4-13,23H,14H2,1-3H3. The molecule has 1 aromatic heterocycles. The Morgan fingerprint density at radius 3 is 2.30 bits per heavy atom. The van der Waals surface area contributed by atoms with Crippen LogP contribution in [0.4, 0.5) is 11.4 Å². The third kappa shape index (κ3) is 4.08. The lowest BCUT2D eigenvalue weighted by atomic mass is 10.1. The number of hydrogen-bond acceptors (Lipinski definition) is 4. The quantitative estimate of drug-likeness (QED) is 0.521. The van der Waals surface area contributed by atoms with Gasteiger partial charge in [-0.25, -0.2) is 4.79 Å². The van der Waals surface area contributed by atoms with Crippen LogP contribution >= 0.6 is 0 Å². The number of benzene rings is 2. The van der Waals surface area contributed by atoms with Crippen molar-refractivity contribution in [1.29, 1.82) is 0 Å². The Morgan fingerprint density at radius 2 is 1.63 bits per heavy atom. The number of para-hydroxylation sites is 2. The topological polar surface area (TPSA) is 60.3 Å². The number of nitrogens with zero attached hydrogens (tertiary/aromatic N) is 1. The molecule has 0 aliphatic heterocycles. The van der Waals surface area contributed by atoms with E-state index in [-0.39, 0.29) is 12.4 Å². The molecule has 27 heavy (non-hydrogen) atoms. The van der Waals surface area contributed by atoms with E-state index in [1.54, 1.807) is 18.2 Å². The molecule has 0 bridgehead atoms. The van der Waals surface area contributed by atoms with Gasteiger partial charge in [-0.3, -0.25) is 4.79 Å². The minimum Gasteiger partial charge on any atom is -0.454 e. The van der Waals surface area contributed by atoms with E-state index in [1.165, 1.54) is 0 Å². The highest BCUT2D eigenvalue weighted by molar-refractivity contribution is 6.02. The lowest BCUT2D eigenvalue weighted by Gasteiger charge is -2.11. The van der Waals surface area contributed by atoms with Crippen LogP contribution in [-0.4, -0.2) is 22.9 Å². The van der Waals surface area contributed by atoms with Gasteiger partial charge in [-0.05, 0) is 44.2 Å². The summed E-state index contributed by atoms with van der Waals surface area (Å²) in [5.74, 6) is -0.745. The minimum atomic E-state index is -0.535. The van der Waals surface area contributed by atoms with Crippen LogP contribution in [0.5, 0.6) is 0 Å². The van der Waals surface area contributed by atoms with Crippen molar-refractivity contribution in [1.82, 2.24) is 4.57 Å². The van der Waals surface area contributed by atoms with Crippen LogP contribution in [0.1, 0.15) is 32.1 Å². The first kappa shape index (κ1) is 18.5. The molecule has 0 aliphatic rings. The van der Waals surface area contributed by atoms with Crippen LogP contribution in [0.3, 0.4) is 0 Å². The lowest BCUT2D eigenvalue weighted by Crippen LogP contribution is -2.16. The molecule has 0 radical (unpaired) electrons. The van der Waals surface area contributed by atoms with Gasteiger partial charge in [0, 0.05) is 29.7 Å². The number of aromatic nitrogens is 1. The molecule has 0 amide bonds. The summed E-state index contributed by atoms with van der Waals surface area (Å²) >= 11 is 0. The van der Waals surface area contributed by atoms with Crippen molar-refractivity contribution in [2.24, 2.45) is 7.05 Å². The van der Waals surface area contributed by atoms with E-state index in [2.05, 4.69) is 5.32 Å². The van der Waals surface area contributed by atoms with Gasteiger partial charge in [-0.2, -0.15) is 0 Å². The highest BCUT2D eigenvalue weighted by atomic mass is 16.5. The normalized spacial score (nSPS) is 10.5. The fourth-order valence-electron chi connectivity index (χ4n) is 2.87. The number of esters is 1. The number of ketones is 1. The maximum absolute atomic E-state index is 12.5. The van der Waals surface area contributed by atoms with E-state index >= 15 is 0 Å². The number of hydrogen-bond donors (Lipinski definition) is 1. The summed E-state index contributed by atoms with van der Waals surface area (Å²) in [5.41, 5.74) is 4.31. The molecule has 138 valence electrons. The lowest BCUT2D eigenvalue weighted by molar-refractivity contribution is 0.0475. The van der Waals surface area contributed by atoms with Crippen LogP contribution < -0.4 is 5.32 Å². The fraction of sp³-hybridized carbons (Fsp3) is 0.182. The summed E-state index contributed by atoms with van der Waals surface area (Å²) in [5, 5.41) is 3.20. The summed E-state index contributed by atoms with van der Waals surface area (Å²) in [7, 11) is 1.90. The number of carbonyl (C=O) groups excluding carboxylic acids is 2. The second kappa shape index (κ2) is 7.91. The zero-order valence-corrected chi connectivity index (χ0v) is 15.7. The van der Waals surface area contributed by atoms with Crippen LogP contribution in [0.2, 0.25) is 0 Å². The predicted molar refractivity (Wildman–Crippen MR) is 106 cm³/mol. The molecule has 1 heterocycles. The van der Waals surface area contributed by atoms with Crippen molar-refractivity contribution >= 4 is 23.1 Å². The first-order chi connectivity index (χ1) is 13.0. The highest BCUT2D eigenvalue weighted by Gasteiger charge is 2.18. The van der Waals surface area contributed by atoms with Crippen LogP contribution in [-0.2, 0) is 11.8 Å². The summed E-state index contributed by atoms with van der Waals surface area (Å²) in [6, 6.07) is 18.5. The van der Waals surface area contributed by atoms with E-state index < -0.39 is 5.97 Å². The molecule has 3 rings (SSSR count). The number of ether oxygens (including phenoxy) is 1. The summed E-state index contributed by atoms with van der Waals surface area (Å²) in [4.78, 5) is 25.0. The molecule has 1 N–H and O–H groups in total. The first-order valence-corrected chi connectivity index (χ1v) is 8.71. The predicted octanol–water partition coefficient (Wildman–Crippen LogP) is 4.43. The van der Waals surface area contributed by atoms with Crippen molar-refractivity contribution in [2.75, 3.05) is 11.9 Å². The number of anilines is 2. The van der Waals surface area contributed by atoms with Crippen molar-refractivity contribution < 1.29 is 14.3 Å². The smallest absolute Gasteiger partial charge is 0.340 e. The maximum atomic E-state index is 12.5. The van der Waals surface area contributed by atoms with Gasteiger partial charge in [-0.15, -0.1) is 0 Å². The Bertz CT molecular complexity index is 974. The van der Waals surface area contributed by atoms with E-state index in [4.69, 9.17) is 4.74 Å². The summed E-state index contributed by atoms with van der Waals surface area (Å²) < 4.78 is 7.23. The molecule has 3 aromatic rings. The van der Waals surface area contributed by atoms with Gasteiger partial charge in [-0.1, -0.05) is 30.3 Å². The van der Waals surface area contributed by atoms with Gasteiger partial charge in [0.05, 0.1) is 11.3 Å². The SMILES string of the molecule is Cc1cc(C(=O)COC(=O)c2ccccc2Nc2ccccc2)c(C)n1C. The number of Topliss-reactive ketones (excluding diaryl/α,β-unsaturated/α-hetero) is 1. The van der Waals surface area contributed by atoms with Gasteiger partial charge in [0.2, 0.25) is 5.78 Å². The van der Waals surface area contributed by atoms with Gasteiger partial charge < -0.3 is 14.6 Å². The molecule has 0 spiro atoms. The third-order valence-electron chi connectivity index (χ3n) is 4.61. The van der Waals surface area contributed by atoms with Gasteiger partial charge in [0.25, 0.3) is 0 Å². The Balaban J connectivity index is 1.71. The number of nitrogens with one attached hydrogen (secondary N) is 1. The van der Waals surface area contributed by atoms with Crippen molar-refractivity contribution in [3.05, 3.63) is 83.2 Å². The average Bonchev–Trinajstić information content (AvgIpc) is 2.94. The first-order valence-electron chi connectivity index (χ1n) is 8.71. The number of aryl methyl sites for hydroxylation is 1. The Hall–Kier alpha value is -3.34. The number of carbonyl (C=O) groups is 2. The number of rotatable bonds is 6. The van der Waals surface area contributed by atoms with Crippen LogP contribution in [0, 0.1) is 13.8 Å². The van der Waals surface area contributed by atoms with Crippen LogP contribution in [0.25, 0.3) is 0 Å². The molecule has 0 fully saturated rings. The second-order valence-corrected chi connectivity index (χ2v) is 6.38. The Kier molecular flexibility index (Phi) is 5.41. The monoisotopic (exact) mass is 362 g/mol. The average molecular weight is 362 g/mol. The molecule has 0 saturated heterocycles. The van der Waals surface area contributed by atoms with E-state index in [0.29, 0.717) is 16.8 Å². The van der Waals surface area contributed by atoms with E-state index in [1.807, 2.05) is 67.9 Å². The van der Waals surface area contributed by atoms with E-state index in [0.717, 1.165) is 17.1 Å². The largest absolute Gasteiger partial charge is 0.454 e. The Morgan fingerprint density at radius 1 is 0.963 bits per heavy atom. The Labute approximate surface area is 158 Å². The zero-order chi connectivity index (χ0) is 19.4. The molecular formula is C22H22N2O3. The molecule has 0 saturated carbocycles. The second-order valence-electron chi connectivity index (χ2n) is 6.38. The minimum absolute atomic E-state index is 0.210. The van der Waals surface area contributed by atoms with Gasteiger partial charge >= 0.3 is 5.97 Å². The van der Waals surface area contributed by atoms with Gasteiger partial charge in [0.1, 0.15) is 0 Å². The molecule has 0 atom stereocenters. The molecule has 5 heteroatoms. The van der Waals surface area contributed by atoms with E-state index in [9.17, 15) is 9.59 Å².